The third-order valence-corrected chi connectivity index (χ3v) is 6.00. The summed E-state index contributed by atoms with van der Waals surface area (Å²) in [5.41, 5.74) is 0.0594. The molecule has 2 aliphatic rings. The Hall–Kier alpha value is -2.24. The van der Waals surface area contributed by atoms with Gasteiger partial charge in [0.2, 0.25) is 5.91 Å². The van der Waals surface area contributed by atoms with E-state index in [0.29, 0.717) is 43.7 Å². The number of hydrogen-bond donors (Lipinski definition) is 1. The molecule has 154 valence electrons. The maximum absolute atomic E-state index is 13.4. The minimum Gasteiger partial charge on any atom is -0.490 e. The molecule has 1 aromatic carbocycles. The number of carboxylic acid groups (broad SMARTS) is 1. The van der Waals surface area contributed by atoms with Gasteiger partial charge in [0.25, 0.3) is 0 Å². The van der Waals surface area contributed by atoms with Gasteiger partial charge in [-0.05, 0) is 70.1 Å². The van der Waals surface area contributed by atoms with E-state index in [2.05, 4.69) is 0 Å². The van der Waals surface area contributed by atoms with E-state index in [4.69, 9.17) is 9.47 Å². The van der Waals surface area contributed by atoms with Crippen molar-refractivity contribution in [3.8, 4) is 11.5 Å². The molecule has 1 aromatic rings. The van der Waals surface area contributed by atoms with Gasteiger partial charge < -0.3 is 19.5 Å². The Balaban J connectivity index is 1.82. The zero-order chi connectivity index (χ0) is 20.5. The fourth-order valence-electron chi connectivity index (χ4n) is 4.22. The van der Waals surface area contributed by atoms with Crippen molar-refractivity contribution in [3.63, 3.8) is 0 Å². The van der Waals surface area contributed by atoms with Crippen LogP contribution in [0.5, 0.6) is 11.5 Å². The first-order valence-electron chi connectivity index (χ1n) is 10.2. The van der Waals surface area contributed by atoms with Crippen molar-refractivity contribution in [2.24, 2.45) is 17.8 Å². The van der Waals surface area contributed by atoms with E-state index in [9.17, 15) is 14.7 Å². The van der Waals surface area contributed by atoms with Gasteiger partial charge in [-0.1, -0.05) is 6.07 Å². The van der Waals surface area contributed by atoms with Crippen LogP contribution in [-0.2, 0) is 15.0 Å². The molecule has 1 N–H and O–H groups in total. The second-order valence-corrected chi connectivity index (χ2v) is 8.31. The number of rotatable bonds is 8. The topological polar surface area (TPSA) is 76.1 Å². The highest BCUT2D eigenvalue weighted by atomic mass is 16.5. The summed E-state index contributed by atoms with van der Waals surface area (Å²) >= 11 is 0. The number of ether oxygens (including phenoxy) is 2. The minimum absolute atomic E-state index is 0.0338. The van der Waals surface area contributed by atoms with Crippen LogP contribution in [-0.4, -0.2) is 48.2 Å². The van der Waals surface area contributed by atoms with Crippen LogP contribution in [0.3, 0.4) is 0 Å². The smallest absolute Gasteiger partial charge is 0.308 e. The molecule has 6 heteroatoms. The van der Waals surface area contributed by atoms with Crippen molar-refractivity contribution in [2.75, 3.05) is 26.3 Å². The maximum atomic E-state index is 13.4. The monoisotopic (exact) mass is 389 g/mol. The molecule has 1 aliphatic carbocycles. The van der Waals surface area contributed by atoms with Crippen LogP contribution in [0, 0.1) is 17.8 Å². The SMILES string of the molecule is CCOc1ccc(C(C)(C)C(=O)N2C[C@H](C(=O)O)[C@@H](C3CC3)C2)cc1OCC. The van der Waals surface area contributed by atoms with Gasteiger partial charge in [0, 0.05) is 13.1 Å². The first-order valence-corrected chi connectivity index (χ1v) is 10.2. The van der Waals surface area contributed by atoms with E-state index in [1.807, 2.05) is 45.9 Å². The number of aliphatic carboxylic acids is 1. The molecule has 0 radical (unpaired) electrons. The second kappa shape index (κ2) is 8.02. The van der Waals surface area contributed by atoms with Crippen molar-refractivity contribution in [3.05, 3.63) is 23.8 Å². The number of nitrogens with zero attached hydrogens (tertiary/aromatic N) is 1. The quantitative estimate of drug-likeness (QED) is 0.738. The lowest BCUT2D eigenvalue weighted by Gasteiger charge is -2.30. The van der Waals surface area contributed by atoms with Crippen LogP contribution in [0.2, 0.25) is 0 Å². The minimum atomic E-state index is -0.787. The van der Waals surface area contributed by atoms with Crippen LogP contribution in [0.25, 0.3) is 0 Å². The summed E-state index contributed by atoms with van der Waals surface area (Å²) < 4.78 is 11.3. The highest BCUT2D eigenvalue weighted by Crippen LogP contribution is 2.45. The third kappa shape index (κ3) is 3.96. The molecule has 0 bridgehead atoms. The molecule has 1 saturated heterocycles. The lowest BCUT2D eigenvalue weighted by Crippen LogP contribution is -2.42. The Kier molecular flexibility index (Phi) is 5.87. The lowest BCUT2D eigenvalue weighted by molar-refractivity contribution is -0.143. The summed E-state index contributed by atoms with van der Waals surface area (Å²) in [7, 11) is 0. The van der Waals surface area contributed by atoms with Gasteiger partial charge in [-0.3, -0.25) is 9.59 Å². The summed E-state index contributed by atoms with van der Waals surface area (Å²) in [6, 6.07) is 5.61. The van der Waals surface area contributed by atoms with E-state index in [1.54, 1.807) is 4.90 Å². The predicted octanol–water partition coefficient (Wildman–Crippen LogP) is 3.33. The highest BCUT2D eigenvalue weighted by Gasteiger charge is 2.49. The molecule has 6 nitrogen and oxygen atoms in total. The fourth-order valence-corrected chi connectivity index (χ4v) is 4.22. The Bertz CT molecular complexity index is 740. The summed E-state index contributed by atoms with van der Waals surface area (Å²) in [5.74, 6) is 0.555. The van der Waals surface area contributed by atoms with Gasteiger partial charge in [0.1, 0.15) is 0 Å². The van der Waals surface area contributed by atoms with Crippen LogP contribution in [0.1, 0.15) is 46.1 Å². The van der Waals surface area contributed by atoms with Crippen molar-refractivity contribution in [2.45, 2.75) is 46.0 Å². The van der Waals surface area contributed by atoms with Gasteiger partial charge in [-0.2, -0.15) is 0 Å². The number of carbonyl (C=O) groups excluding carboxylic acids is 1. The number of hydrogen-bond acceptors (Lipinski definition) is 4. The van der Waals surface area contributed by atoms with Gasteiger partial charge in [0.15, 0.2) is 11.5 Å². The van der Waals surface area contributed by atoms with Gasteiger partial charge in [-0.15, -0.1) is 0 Å². The number of likely N-dealkylation sites (tertiary alicyclic amines) is 1. The molecule has 2 fully saturated rings. The number of carboxylic acids is 1. The zero-order valence-corrected chi connectivity index (χ0v) is 17.2. The van der Waals surface area contributed by atoms with E-state index in [-0.39, 0.29) is 11.8 Å². The molecular formula is C22H31NO5. The van der Waals surface area contributed by atoms with Gasteiger partial charge >= 0.3 is 5.97 Å². The van der Waals surface area contributed by atoms with Crippen molar-refractivity contribution in [1.82, 2.24) is 4.90 Å². The standard InChI is InChI=1S/C22H31NO5/c1-5-27-18-10-9-15(11-19(18)28-6-2)22(3,4)21(26)23-12-16(14-7-8-14)17(13-23)20(24)25/h9-11,14,16-17H,5-8,12-13H2,1-4H3,(H,24,25)/t16-,17+/m1/s1. The molecule has 1 amide bonds. The van der Waals surface area contributed by atoms with Gasteiger partial charge in [-0.25, -0.2) is 0 Å². The van der Waals surface area contributed by atoms with E-state index < -0.39 is 17.3 Å². The molecule has 0 spiro atoms. The fraction of sp³-hybridized carbons (Fsp3) is 0.636. The van der Waals surface area contributed by atoms with Crippen molar-refractivity contribution >= 4 is 11.9 Å². The maximum Gasteiger partial charge on any atom is 0.308 e. The van der Waals surface area contributed by atoms with E-state index >= 15 is 0 Å². The van der Waals surface area contributed by atoms with Crippen molar-refractivity contribution < 1.29 is 24.2 Å². The highest BCUT2D eigenvalue weighted by molar-refractivity contribution is 5.88. The average Bonchev–Trinajstić information content (AvgIpc) is 3.40. The van der Waals surface area contributed by atoms with Crippen LogP contribution in [0.4, 0.5) is 0 Å². The molecule has 1 saturated carbocycles. The summed E-state index contributed by atoms with van der Waals surface area (Å²) in [6.07, 6.45) is 2.16. The molecule has 28 heavy (non-hydrogen) atoms. The first-order chi connectivity index (χ1) is 13.3. The Morgan fingerprint density at radius 2 is 1.75 bits per heavy atom. The number of carbonyl (C=O) groups is 2. The van der Waals surface area contributed by atoms with E-state index in [0.717, 1.165) is 18.4 Å². The Labute approximate surface area is 166 Å². The second-order valence-electron chi connectivity index (χ2n) is 8.31. The molecule has 0 aromatic heterocycles. The van der Waals surface area contributed by atoms with E-state index in [1.165, 1.54) is 0 Å². The number of benzene rings is 1. The van der Waals surface area contributed by atoms with Crippen molar-refractivity contribution in [1.29, 1.82) is 0 Å². The molecular weight excluding hydrogens is 358 g/mol. The zero-order valence-electron chi connectivity index (χ0n) is 17.2. The van der Waals surface area contributed by atoms with Crippen LogP contribution >= 0.6 is 0 Å². The lowest BCUT2D eigenvalue weighted by atomic mass is 9.83. The first kappa shape index (κ1) is 20.5. The molecule has 1 aliphatic heterocycles. The normalized spacial score (nSPS) is 22.2. The van der Waals surface area contributed by atoms with Gasteiger partial charge in [0.05, 0.1) is 24.5 Å². The molecule has 3 rings (SSSR count). The average molecular weight is 389 g/mol. The summed E-state index contributed by atoms with van der Waals surface area (Å²) in [6.45, 7) is 9.49. The summed E-state index contributed by atoms with van der Waals surface area (Å²) in [4.78, 5) is 26.8. The Morgan fingerprint density at radius 1 is 1.11 bits per heavy atom. The van der Waals surface area contributed by atoms with Crippen LogP contribution < -0.4 is 9.47 Å². The molecule has 0 unspecified atom stereocenters. The Morgan fingerprint density at radius 3 is 2.32 bits per heavy atom. The predicted molar refractivity (Wildman–Crippen MR) is 106 cm³/mol. The third-order valence-electron chi connectivity index (χ3n) is 6.00. The number of amides is 1. The molecule has 2 atom stereocenters. The molecule has 1 heterocycles. The summed E-state index contributed by atoms with van der Waals surface area (Å²) in [5, 5.41) is 9.59. The largest absolute Gasteiger partial charge is 0.490 e. The van der Waals surface area contributed by atoms with Crippen LogP contribution in [0.15, 0.2) is 18.2 Å².